The Morgan fingerprint density at radius 3 is 2.50 bits per heavy atom. The molecule has 228 valence electrons. The van der Waals surface area contributed by atoms with E-state index in [-0.39, 0.29) is 46.8 Å². The molecule has 1 fully saturated rings. The van der Waals surface area contributed by atoms with Crippen LogP contribution in [-0.4, -0.2) is 81.3 Å². The molecule has 0 bridgehead atoms. The lowest BCUT2D eigenvalue weighted by atomic mass is 9.93. The number of piperidine rings is 1. The number of hydrogen-bond donors (Lipinski definition) is 3. The second kappa shape index (κ2) is 17.0. The molecule has 1 aromatic heterocycles. The number of hydrogen-bond acceptors (Lipinski definition) is 8. The van der Waals surface area contributed by atoms with Crippen molar-refractivity contribution in [1.82, 2.24) is 20.3 Å². The van der Waals surface area contributed by atoms with E-state index < -0.39 is 24.2 Å². The number of nitrogens with zero attached hydrogens (tertiary/aromatic N) is 3. The molecule has 2 heterocycles. The van der Waals surface area contributed by atoms with Gasteiger partial charge >= 0.3 is 5.97 Å². The van der Waals surface area contributed by atoms with Gasteiger partial charge in [0.25, 0.3) is 5.91 Å². The van der Waals surface area contributed by atoms with Crippen molar-refractivity contribution in [2.45, 2.75) is 117 Å². The maximum Gasteiger partial charge on any atom is 0.355 e. The van der Waals surface area contributed by atoms with Gasteiger partial charge in [-0.1, -0.05) is 66.7 Å². The number of nitrogens with one attached hydrogen (secondary N) is 1. The summed E-state index contributed by atoms with van der Waals surface area (Å²) in [5, 5.41) is 26.4. The molecule has 1 aliphatic rings. The number of thiazole rings is 1. The second-order valence-electron chi connectivity index (χ2n) is 11.4. The van der Waals surface area contributed by atoms with Gasteiger partial charge < -0.3 is 15.5 Å². The van der Waals surface area contributed by atoms with Crippen molar-refractivity contribution in [3.05, 3.63) is 16.1 Å². The highest BCUT2D eigenvalue weighted by Crippen LogP contribution is 2.29. The third-order valence-corrected chi connectivity index (χ3v) is 8.80. The summed E-state index contributed by atoms with van der Waals surface area (Å²) < 4.78 is 0. The minimum atomic E-state index is -1.15. The predicted molar refractivity (Wildman–Crippen MR) is 156 cm³/mol. The number of amides is 2. The van der Waals surface area contributed by atoms with E-state index in [4.69, 9.17) is 4.84 Å². The standard InChI is InChI=1S/C29H50N4O6S/c1-7-9-10-13-16-39-33(23(19(3)4)17-24(34)27-30-21(18-40-27)29(37)38)28(36)25(20(5)8-2)31-26(35)22-14-11-12-15-32(22)6/h18-20,22-25,34H,7-17H2,1-6H3,(H,31,35)(H,37,38)/t20-,22+,23+,24+,25-/m0/s1. The molecule has 3 N–H and O–H groups in total. The molecular weight excluding hydrogens is 532 g/mol. The SMILES string of the molecule is CCCCCCON(C(=O)[C@@H](NC(=O)[C@H]1CCCCN1C)[C@@H](C)CC)[C@H](C[C@@H](O)c1nc(C(=O)O)cs1)C(C)C. The predicted octanol–water partition coefficient (Wildman–Crippen LogP) is 4.65. The fourth-order valence-corrected chi connectivity index (χ4v) is 5.79. The van der Waals surface area contributed by atoms with Crippen molar-refractivity contribution >= 4 is 29.1 Å². The molecule has 10 nitrogen and oxygen atoms in total. The van der Waals surface area contributed by atoms with Crippen LogP contribution in [0.15, 0.2) is 5.38 Å². The van der Waals surface area contributed by atoms with Crippen LogP contribution in [0.1, 0.15) is 114 Å². The summed E-state index contributed by atoms with van der Waals surface area (Å²) in [5.74, 6) is -1.85. The number of aromatic nitrogens is 1. The Kier molecular flexibility index (Phi) is 14.5. The van der Waals surface area contributed by atoms with Crippen LogP contribution in [0.4, 0.5) is 0 Å². The van der Waals surface area contributed by atoms with Crippen LogP contribution >= 0.6 is 11.3 Å². The van der Waals surface area contributed by atoms with Gasteiger partial charge in [-0.25, -0.2) is 14.8 Å². The highest BCUT2D eigenvalue weighted by atomic mass is 32.1. The summed E-state index contributed by atoms with van der Waals surface area (Å²) in [7, 11) is 1.94. The van der Waals surface area contributed by atoms with Crippen LogP contribution in [0.3, 0.4) is 0 Å². The molecule has 11 heteroatoms. The van der Waals surface area contributed by atoms with E-state index in [1.54, 1.807) is 0 Å². The third kappa shape index (κ3) is 9.78. The molecule has 0 aromatic carbocycles. The van der Waals surface area contributed by atoms with E-state index >= 15 is 0 Å². The van der Waals surface area contributed by atoms with Gasteiger partial charge in [-0.05, 0) is 44.7 Å². The van der Waals surface area contributed by atoms with Crippen LogP contribution in [0.2, 0.25) is 0 Å². The highest BCUT2D eigenvalue weighted by Gasteiger charge is 2.39. The van der Waals surface area contributed by atoms with E-state index in [1.165, 1.54) is 10.4 Å². The Bertz CT molecular complexity index is 941. The number of carboxylic acid groups (broad SMARTS) is 1. The van der Waals surface area contributed by atoms with Crippen LogP contribution in [0.5, 0.6) is 0 Å². The number of carbonyl (C=O) groups is 3. The molecule has 1 saturated heterocycles. The van der Waals surface area contributed by atoms with E-state index in [1.807, 2.05) is 39.6 Å². The van der Waals surface area contributed by atoms with Gasteiger partial charge in [0.05, 0.1) is 18.7 Å². The first-order chi connectivity index (χ1) is 19.0. The Hall–Kier alpha value is -2.08. The van der Waals surface area contributed by atoms with Gasteiger partial charge in [0.15, 0.2) is 5.69 Å². The quantitative estimate of drug-likeness (QED) is 0.179. The summed E-state index contributed by atoms with van der Waals surface area (Å²) >= 11 is 1.08. The first-order valence-corrected chi connectivity index (χ1v) is 15.7. The van der Waals surface area contributed by atoms with Gasteiger partial charge in [-0.15, -0.1) is 11.3 Å². The number of aliphatic hydroxyl groups is 1. The molecule has 0 aliphatic carbocycles. The molecule has 5 atom stereocenters. The van der Waals surface area contributed by atoms with E-state index in [0.717, 1.165) is 62.8 Å². The first-order valence-electron chi connectivity index (χ1n) is 14.8. The Morgan fingerprint density at radius 1 is 1.20 bits per heavy atom. The molecule has 40 heavy (non-hydrogen) atoms. The highest BCUT2D eigenvalue weighted by molar-refractivity contribution is 7.09. The first kappa shape index (κ1) is 34.1. The molecular formula is C29H50N4O6S. The number of hydroxylamine groups is 2. The molecule has 0 saturated carbocycles. The normalized spacial score (nSPS) is 19.1. The second-order valence-corrected chi connectivity index (χ2v) is 12.3. The van der Waals surface area contributed by atoms with Gasteiger partial charge in [-0.3, -0.25) is 19.3 Å². The minimum absolute atomic E-state index is 0.0917. The lowest BCUT2D eigenvalue weighted by molar-refractivity contribution is -0.212. The Labute approximate surface area is 243 Å². The maximum absolute atomic E-state index is 14.2. The van der Waals surface area contributed by atoms with Crippen molar-refractivity contribution in [1.29, 1.82) is 0 Å². The number of likely N-dealkylation sites (N-methyl/N-ethyl adjacent to an activating group) is 1. The number of aliphatic hydroxyl groups excluding tert-OH is 1. The summed E-state index contributed by atoms with van der Waals surface area (Å²) in [4.78, 5) is 51.2. The minimum Gasteiger partial charge on any atom is -0.476 e. The molecule has 1 aliphatic heterocycles. The summed E-state index contributed by atoms with van der Waals surface area (Å²) in [5.41, 5.74) is -0.118. The average Bonchev–Trinajstić information content (AvgIpc) is 3.43. The van der Waals surface area contributed by atoms with E-state index in [9.17, 15) is 24.6 Å². The van der Waals surface area contributed by atoms with Crippen LogP contribution in [0.25, 0.3) is 0 Å². The molecule has 0 radical (unpaired) electrons. The topological polar surface area (TPSA) is 132 Å². The van der Waals surface area contributed by atoms with Gasteiger partial charge in [0.1, 0.15) is 17.2 Å². The van der Waals surface area contributed by atoms with Gasteiger partial charge in [0, 0.05) is 11.8 Å². The van der Waals surface area contributed by atoms with Crippen LogP contribution in [-0.2, 0) is 14.4 Å². The molecule has 2 amide bonds. The van der Waals surface area contributed by atoms with Crippen molar-refractivity contribution in [3.8, 4) is 0 Å². The fourth-order valence-electron chi connectivity index (χ4n) is 5.00. The Morgan fingerprint density at radius 2 is 1.93 bits per heavy atom. The zero-order valence-corrected chi connectivity index (χ0v) is 25.9. The monoisotopic (exact) mass is 582 g/mol. The molecule has 0 unspecified atom stereocenters. The average molecular weight is 583 g/mol. The smallest absolute Gasteiger partial charge is 0.355 e. The van der Waals surface area contributed by atoms with Crippen LogP contribution < -0.4 is 5.32 Å². The fraction of sp³-hybridized carbons (Fsp3) is 0.793. The molecule has 1 aromatic rings. The zero-order valence-electron chi connectivity index (χ0n) is 25.1. The van der Waals surface area contributed by atoms with E-state index in [2.05, 4.69) is 17.2 Å². The largest absolute Gasteiger partial charge is 0.476 e. The van der Waals surface area contributed by atoms with Gasteiger partial charge in [-0.2, -0.15) is 0 Å². The van der Waals surface area contributed by atoms with Gasteiger partial charge in [0.2, 0.25) is 5.91 Å². The number of carboxylic acids is 1. The number of aromatic carboxylic acids is 1. The number of likely N-dealkylation sites (tertiary alicyclic amines) is 1. The summed E-state index contributed by atoms with van der Waals surface area (Å²) in [6.45, 7) is 11.2. The number of rotatable bonds is 17. The molecule has 0 spiro atoms. The number of unbranched alkanes of at least 4 members (excludes halogenated alkanes) is 3. The van der Waals surface area contributed by atoms with Crippen LogP contribution in [0, 0.1) is 11.8 Å². The third-order valence-electron chi connectivity index (χ3n) is 7.86. The summed E-state index contributed by atoms with van der Waals surface area (Å²) in [6.07, 6.45) is 6.44. The lowest BCUT2D eigenvalue weighted by Crippen LogP contribution is -2.58. The lowest BCUT2D eigenvalue weighted by Gasteiger charge is -2.38. The molecule has 2 rings (SSSR count). The zero-order chi connectivity index (χ0) is 29.8. The number of carbonyl (C=O) groups excluding carboxylic acids is 2. The maximum atomic E-state index is 14.2. The summed E-state index contributed by atoms with van der Waals surface area (Å²) in [6, 6.07) is -1.57. The van der Waals surface area contributed by atoms with Crippen molar-refractivity contribution in [2.24, 2.45) is 11.8 Å². The van der Waals surface area contributed by atoms with Crippen molar-refractivity contribution in [3.63, 3.8) is 0 Å². The van der Waals surface area contributed by atoms with E-state index in [0.29, 0.717) is 13.0 Å². The van der Waals surface area contributed by atoms with Crippen molar-refractivity contribution < 1.29 is 29.4 Å². The van der Waals surface area contributed by atoms with Crippen molar-refractivity contribution in [2.75, 3.05) is 20.2 Å². The Balaban J connectivity index is 2.32.